The predicted molar refractivity (Wildman–Crippen MR) is 101 cm³/mol. The Morgan fingerprint density at radius 1 is 0.952 bits per heavy atom. The van der Waals surface area contributed by atoms with Crippen molar-refractivity contribution in [3.05, 3.63) is 42.0 Å². The van der Waals surface area contributed by atoms with Gasteiger partial charge in [-0.25, -0.2) is 0 Å². The van der Waals surface area contributed by atoms with Crippen LogP contribution in [-0.2, 0) is 0 Å². The molecular formula is C16H26Cl2N2S. The zero-order valence-corrected chi connectivity index (χ0v) is 14.9. The third kappa shape index (κ3) is 8.12. The number of nitrogens with zero attached hydrogens (tertiary/aromatic N) is 2. The predicted octanol–water partition coefficient (Wildman–Crippen LogP) is 3.48. The van der Waals surface area contributed by atoms with Crippen LogP contribution in [0.4, 0.5) is 0 Å². The highest BCUT2D eigenvalue weighted by Crippen LogP contribution is 2.05. The van der Waals surface area contributed by atoms with Gasteiger partial charge in [0.05, 0.1) is 0 Å². The minimum absolute atomic E-state index is 0. The van der Waals surface area contributed by atoms with Crippen molar-refractivity contribution in [3.63, 3.8) is 0 Å². The first-order valence-corrected chi connectivity index (χ1v) is 7.79. The van der Waals surface area contributed by atoms with E-state index in [0.29, 0.717) is 0 Å². The molecule has 1 saturated heterocycles. The van der Waals surface area contributed by atoms with Crippen molar-refractivity contribution in [2.75, 3.05) is 45.0 Å². The molecule has 2 nitrogen and oxygen atoms in total. The van der Waals surface area contributed by atoms with Gasteiger partial charge in [-0.1, -0.05) is 42.5 Å². The minimum Gasteiger partial charge on any atom is -0.301 e. The highest BCUT2D eigenvalue weighted by molar-refractivity contribution is 7.80. The van der Waals surface area contributed by atoms with E-state index in [2.05, 4.69) is 64.9 Å². The van der Waals surface area contributed by atoms with E-state index in [0.717, 1.165) is 12.3 Å². The lowest BCUT2D eigenvalue weighted by atomic mass is 10.2. The molecule has 0 bridgehead atoms. The molecule has 2 rings (SSSR count). The lowest BCUT2D eigenvalue weighted by molar-refractivity contribution is 0.143. The maximum atomic E-state index is 4.27. The fraction of sp³-hybridized carbons (Fsp3) is 0.500. The first-order valence-electron chi connectivity index (χ1n) is 7.15. The summed E-state index contributed by atoms with van der Waals surface area (Å²) in [6, 6.07) is 10.5. The fourth-order valence-corrected chi connectivity index (χ4v) is 2.53. The Hall–Kier alpha value is -0.190. The average molecular weight is 349 g/mol. The molecule has 120 valence electrons. The molecule has 1 aromatic rings. The van der Waals surface area contributed by atoms with E-state index in [1.165, 1.54) is 44.7 Å². The van der Waals surface area contributed by atoms with Crippen LogP contribution in [-0.4, -0.2) is 54.8 Å². The van der Waals surface area contributed by atoms with Crippen LogP contribution in [0.5, 0.6) is 0 Å². The van der Waals surface area contributed by atoms with Gasteiger partial charge < -0.3 is 4.90 Å². The Labute approximate surface area is 146 Å². The summed E-state index contributed by atoms with van der Waals surface area (Å²) in [5.74, 6) is 1.00. The van der Waals surface area contributed by atoms with Gasteiger partial charge in [-0.2, -0.15) is 12.6 Å². The van der Waals surface area contributed by atoms with Crippen LogP contribution in [0.15, 0.2) is 36.4 Å². The fourth-order valence-electron chi connectivity index (χ4n) is 2.39. The van der Waals surface area contributed by atoms with E-state index in [4.69, 9.17) is 0 Å². The number of benzene rings is 1. The van der Waals surface area contributed by atoms with Crippen molar-refractivity contribution in [1.82, 2.24) is 9.80 Å². The zero-order valence-electron chi connectivity index (χ0n) is 12.4. The molecule has 1 aromatic carbocycles. The van der Waals surface area contributed by atoms with Crippen LogP contribution < -0.4 is 0 Å². The molecule has 0 radical (unpaired) electrons. The highest BCUT2D eigenvalue weighted by Gasteiger charge is 2.14. The second-order valence-corrected chi connectivity index (χ2v) is 5.48. The molecule has 0 unspecified atom stereocenters. The Morgan fingerprint density at radius 2 is 1.57 bits per heavy atom. The van der Waals surface area contributed by atoms with Crippen LogP contribution in [0.2, 0.25) is 0 Å². The van der Waals surface area contributed by atoms with E-state index in [1.807, 2.05) is 0 Å². The minimum atomic E-state index is 0. The van der Waals surface area contributed by atoms with Gasteiger partial charge in [0.2, 0.25) is 0 Å². The van der Waals surface area contributed by atoms with Crippen molar-refractivity contribution in [3.8, 4) is 0 Å². The molecule has 0 saturated carbocycles. The van der Waals surface area contributed by atoms with Crippen molar-refractivity contribution in [1.29, 1.82) is 0 Å². The SMILES string of the molecule is Cl.Cl.SCCCN1CCN(C/C=C/c2ccccc2)CC1. The van der Waals surface area contributed by atoms with Gasteiger partial charge in [0.25, 0.3) is 0 Å². The number of rotatable bonds is 6. The largest absolute Gasteiger partial charge is 0.301 e. The van der Waals surface area contributed by atoms with Gasteiger partial charge in [-0.15, -0.1) is 24.8 Å². The molecule has 0 amide bonds. The molecule has 1 heterocycles. The lowest BCUT2D eigenvalue weighted by Gasteiger charge is -2.34. The van der Waals surface area contributed by atoms with Gasteiger partial charge in [-0.3, -0.25) is 4.90 Å². The quantitative estimate of drug-likeness (QED) is 0.786. The number of thiol groups is 1. The molecular weight excluding hydrogens is 323 g/mol. The summed E-state index contributed by atoms with van der Waals surface area (Å²) in [7, 11) is 0. The van der Waals surface area contributed by atoms with Gasteiger partial charge >= 0.3 is 0 Å². The molecule has 1 fully saturated rings. The summed E-state index contributed by atoms with van der Waals surface area (Å²) in [6.45, 7) is 7.05. The second kappa shape index (κ2) is 12.4. The highest BCUT2D eigenvalue weighted by atomic mass is 35.5. The number of hydrogen-bond acceptors (Lipinski definition) is 3. The van der Waals surface area contributed by atoms with Crippen LogP contribution in [0.1, 0.15) is 12.0 Å². The van der Waals surface area contributed by atoms with Crippen LogP contribution in [0.25, 0.3) is 6.08 Å². The van der Waals surface area contributed by atoms with Crippen molar-refractivity contribution >= 4 is 43.5 Å². The summed E-state index contributed by atoms with van der Waals surface area (Å²) < 4.78 is 0. The van der Waals surface area contributed by atoms with Crippen molar-refractivity contribution < 1.29 is 0 Å². The van der Waals surface area contributed by atoms with Crippen molar-refractivity contribution in [2.24, 2.45) is 0 Å². The Balaban J connectivity index is 0.00000200. The first-order chi connectivity index (χ1) is 9.38. The van der Waals surface area contributed by atoms with Crippen LogP contribution in [0.3, 0.4) is 0 Å². The maximum absolute atomic E-state index is 4.27. The monoisotopic (exact) mass is 348 g/mol. The standard InChI is InChI=1S/C16H24N2S.2ClH/c19-15-5-10-18-13-11-17(12-14-18)9-4-8-16-6-2-1-3-7-16;;/h1-4,6-8,19H,5,9-15H2;2*1H/b8-4+;;. The summed E-state index contributed by atoms with van der Waals surface area (Å²) in [5, 5.41) is 0. The molecule has 21 heavy (non-hydrogen) atoms. The molecule has 0 spiro atoms. The Morgan fingerprint density at radius 3 is 2.19 bits per heavy atom. The maximum Gasteiger partial charge on any atom is 0.0167 e. The van der Waals surface area contributed by atoms with Gasteiger partial charge in [0, 0.05) is 32.7 Å². The average Bonchev–Trinajstić information content (AvgIpc) is 2.47. The molecule has 0 N–H and O–H groups in total. The summed E-state index contributed by atoms with van der Waals surface area (Å²) in [4.78, 5) is 5.07. The molecule has 5 heteroatoms. The normalized spacial score (nSPS) is 16.4. The topological polar surface area (TPSA) is 6.48 Å². The number of piperazine rings is 1. The number of hydrogen-bond donors (Lipinski definition) is 1. The second-order valence-electron chi connectivity index (χ2n) is 5.03. The van der Waals surface area contributed by atoms with E-state index >= 15 is 0 Å². The number of halogens is 2. The Kier molecular flexibility index (Phi) is 12.3. The van der Waals surface area contributed by atoms with Crippen LogP contribution in [0, 0.1) is 0 Å². The molecule has 0 atom stereocenters. The zero-order chi connectivity index (χ0) is 13.3. The van der Waals surface area contributed by atoms with E-state index in [1.54, 1.807) is 0 Å². The smallest absolute Gasteiger partial charge is 0.0167 e. The third-order valence-electron chi connectivity index (χ3n) is 3.57. The van der Waals surface area contributed by atoms with E-state index in [-0.39, 0.29) is 24.8 Å². The molecule has 0 aromatic heterocycles. The van der Waals surface area contributed by atoms with Crippen molar-refractivity contribution in [2.45, 2.75) is 6.42 Å². The van der Waals surface area contributed by atoms with Crippen LogP contribution >= 0.6 is 37.4 Å². The lowest BCUT2D eigenvalue weighted by Crippen LogP contribution is -2.46. The first kappa shape index (κ1) is 20.8. The molecule has 0 aliphatic carbocycles. The third-order valence-corrected chi connectivity index (χ3v) is 3.89. The molecule has 1 aliphatic rings. The summed E-state index contributed by atoms with van der Waals surface area (Å²) in [6.07, 6.45) is 5.70. The van der Waals surface area contributed by atoms with Gasteiger partial charge in [-0.05, 0) is 24.3 Å². The van der Waals surface area contributed by atoms with E-state index < -0.39 is 0 Å². The van der Waals surface area contributed by atoms with Gasteiger partial charge in [0.1, 0.15) is 0 Å². The Bertz CT molecular complexity index is 379. The molecule has 1 aliphatic heterocycles. The van der Waals surface area contributed by atoms with E-state index in [9.17, 15) is 0 Å². The van der Waals surface area contributed by atoms with Gasteiger partial charge in [0.15, 0.2) is 0 Å². The summed E-state index contributed by atoms with van der Waals surface area (Å²) in [5.41, 5.74) is 1.29. The summed E-state index contributed by atoms with van der Waals surface area (Å²) >= 11 is 4.27.